The van der Waals surface area contributed by atoms with Gasteiger partial charge in [-0.15, -0.1) is 0 Å². The summed E-state index contributed by atoms with van der Waals surface area (Å²) in [6.07, 6.45) is -0.102. The average Bonchev–Trinajstić information content (AvgIpc) is 2.19. The molecule has 0 bridgehead atoms. The number of hydrogen-bond acceptors (Lipinski definition) is 3. The Labute approximate surface area is 96.4 Å². The largest absolute Gasteiger partial charge is 0.496 e. The Balaban J connectivity index is 3.06. The SMILES string of the molecule is COc1cc(C)c(C(=O)OC(C)C)cc1C. The summed E-state index contributed by atoms with van der Waals surface area (Å²) in [7, 11) is 1.62. The smallest absolute Gasteiger partial charge is 0.338 e. The van der Waals surface area contributed by atoms with Gasteiger partial charge in [0.1, 0.15) is 5.75 Å². The zero-order valence-electron chi connectivity index (χ0n) is 10.5. The van der Waals surface area contributed by atoms with E-state index < -0.39 is 0 Å². The second-order valence-corrected chi connectivity index (χ2v) is 4.09. The molecule has 0 atom stereocenters. The van der Waals surface area contributed by atoms with Crippen LogP contribution in [0.15, 0.2) is 12.1 Å². The van der Waals surface area contributed by atoms with Gasteiger partial charge in [-0.2, -0.15) is 0 Å². The van der Waals surface area contributed by atoms with Crippen LogP contribution in [0.4, 0.5) is 0 Å². The Morgan fingerprint density at radius 2 is 1.81 bits per heavy atom. The summed E-state index contributed by atoms with van der Waals surface area (Å²) in [5, 5.41) is 0. The predicted molar refractivity (Wildman–Crippen MR) is 63.0 cm³/mol. The molecule has 3 nitrogen and oxygen atoms in total. The van der Waals surface area contributed by atoms with E-state index in [1.807, 2.05) is 33.8 Å². The summed E-state index contributed by atoms with van der Waals surface area (Å²) in [5.41, 5.74) is 2.41. The fourth-order valence-corrected chi connectivity index (χ4v) is 1.51. The molecule has 1 aromatic rings. The zero-order chi connectivity index (χ0) is 12.3. The second kappa shape index (κ2) is 5.01. The van der Waals surface area contributed by atoms with Gasteiger partial charge >= 0.3 is 5.97 Å². The first-order valence-corrected chi connectivity index (χ1v) is 5.32. The first-order chi connectivity index (χ1) is 7.45. The van der Waals surface area contributed by atoms with Crippen LogP contribution in [0, 0.1) is 13.8 Å². The molecule has 88 valence electrons. The Kier molecular flexibility index (Phi) is 3.93. The van der Waals surface area contributed by atoms with Crippen molar-refractivity contribution in [1.82, 2.24) is 0 Å². The fourth-order valence-electron chi connectivity index (χ4n) is 1.51. The molecule has 16 heavy (non-hydrogen) atoms. The fraction of sp³-hybridized carbons (Fsp3) is 0.462. The van der Waals surface area contributed by atoms with E-state index in [-0.39, 0.29) is 12.1 Å². The van der Waals surface area contributed by atoms with E-state index >= 15 is 0 Å². The van der Waals surface area contributed by atoms with Gasteiger partial charge in [-0.05, 0) is 51.0 Å². The Hall–Kier alpha value is -1.51. The summed E-state index contributed by atoms with van der Waals surface area (Å²) in [6.45, 7) is 7.45. The maximum absolute atomic E-state index is 11.8. The topological polar surface area (TPSA) is 35.5 Å². The summed E-state index contributed by atoms with van der Waals surface area (Å²) in [6, 6.07) is 3.66. The molecule has 1 aromatic carbocycles. The lowest BCUT2D eigenvalue weighted by molar-refractivity contribution is 0.0377. The Morgan fingerprint density at radius 3 is 2.31 bits per heavy atom. The summed E-state index contributed by atoms with van der Waals surface area (Å²) < 4.78 is 10.4. The van der Waals surface area contributed by atoms with Crippen molar-refractivity contribution < 1.29 is 14.3 Å². The standard InChI is InChI=1S/C13H18O3/c1-8(2)16-13(14)11-6-10(4)12(15-5)7-9(11)3/h6-8H,1-5H3. The first-order valence-electron chi connectivity index (χ1n) is 5.32. The number of esters is 1. The van der Waals surface area contributed by atoms with E-state index in [4.69, 9.17) is 9.47 Å². The quantitative estimate of drug-likeness (QED) is 0.738. The van der Waals surface area contributed by atoms with E-state index in [1.54, 1.807) is 13.2 Å². The molecule has 0 aliphatic rings. The predicted octanol–water partition coefficient (Wildman–Crippen LogP) is 2.88. The van der Waals surface area contributed by atoms with E-state index in [0.29, 0.717) is 5.56 Å². The number of carbonyl (C=O) groups is 1. The Morgan fingerprint density at radius 1 is 1.19 bits per heavy atom. The molecule has 0 saturated heterocycles. The zero-order valence-corrected chi connectivity index (χ0v) is 10.5. The summed E-state index contributed by atoms with van der Waals surface area (Å²) in [4.78, 5) is 11.8. The van der Waals surface area contributed by atoms with Crippen molar-refractivity contribution in [3.63, 3.8) is 0 Å². The van der Waals surface area contributed by atoms with E-state index in [2.05, 4.69) is 0 Å². The molecule has 1 rings (SSSR count). The third-order valence-corrected chi connectivity index (χ3v) is 2.30. The highest BCUT2D eigenvalue weighted by Crippen LogP contribution is 2.23. The van der Waals surface area contributed by atoms with Gasteiger partial charge < -0.3 is 9.47 Å². The number of aryl methyl sites for hydroxylation is 2. The van der Waals surface area contributed by atoms with Crippen molar-refractivity contribution in [3.8, 4) is 5.75 Å². The van der Waals surface area contributed by atoms with Gasteiger partial charge in [0.25, 0.3) is 0 Å². The van der Waals surface area contributed by atoms with Crippen molar-refractivity contribution in [2.24, 2.45) is 0 Å². The van der Waals surface area contributed by atoms with Crippen LogP contribution in [0.3, 0.4) is 0 Å². The number of hydrogen-bond donors (Lipinski definition) is 0. The van der Waals surface area contributed by atoms with Gasteiger partial charge in [-0.1, -0.05) is 0 Å². The number of methoxy groups -OCH3 is 1. The van der Waals surface area contributed by atoms with Crippen molar-refractivity contribution in [2.45, 2.75) is 33.8 Å². The molecule has 0 fully saturated rings. The van der Waals surface area contributed by atoms with Crippen molar-refractivity contribution in [1.29, 1.82) is 0 Å². The van der Waals surface area contributed by atoms with E-state index in [0.717, 1.165) is 16.9 Å². The highest BCUT2D eigenvalue weighted by molar-refractivity contribution is 5.91. The number of ether oxygens (including phenoxy) is 2. The monoisotopic (exact) mass is 222 g/mol. The highest BCUT2D eigenvalue weighted by Gasteiger charge is 2.14. The third-order valence-electron chi connectivity index (χ3n) is 2.30. The molecule has 0 aliphatic carbocycles. The lowest BCUT2D eigenvalue weighted by Crippen LogP contribution is -2.13. The lowest BCUT2D eigenvalue weighted by atomic mass is 10.0. The van der Waals surface area contributed by atoms with Crippen molar-refractivity contribution >= 4 is 5.97 Å². The van der Waals surface area contributed by atoms with Crippen LogP contribution in [-0.2, 0) is 4.74 Å². The van der Waals surface area contributed by atoms with E-state index in [9.17, 15) is 4.79 Å². The Bertz CT molecular complexity index is 394. The lowest BCUT2D eigenvalue weighted by Gasteiger charge is -2.12. The molecular formula is C13H18O3. The second-order valence-electron chi connectivity index (χ2n) is 4.09. The van der Waals surface area contributed by atoms with Crippen LogP contribution in [-0.4, -0.2) is 19.2 Å². The van der Waals surface area contributed by atoms with Crippen LogP contribution in [0.1, 0.15) is 35.3 Å². The molecule has 0 spiro atoms. The molecule has 0 saturated carbocycles. The van der Waals surface area contributed by atoms with Gasteiger partial charge in [0.2, 0.25) is 0 Å². The van der Waals surface area contributed by atoms with Gasteiger partial charge in [-0.25, -0.2) is 4.79 Å². The summed E-state index contributed by atoms with van der Waals surface area (Å²) in [5.74, 6) is 0.511. The molecule has 0 amide bonds. The van der Waals surface area contributed by atoms with Gasteiger partial charge in [-0.3, -0.25) is 0 Å². The van der Waals surface area contributed by atoms with Crippen LogP contribution in [0.2, 0.25) is 0 Å². The van der Waals surface area contributed by atoms with Gasteiger partial charge in [0.15, 0.2) is 0 Å². The molecule has 0 heterocycles. The van der Waals surface area contributed by atoms with Gasteiger partial charge in [0.05, 0.1) is 18.8 Å². The van der Waals surface area contributed by atoms with E-state index in [1.165, 1.54) is 0 Å². The molecule has 0 aliphatic heterocycles. The summed E-state index contributed by atoms with van der Waals surface area (Å²) >= 11 is 0. The van der Waals surface area contributed by atoms with Gasteiger partial charge in [0, 0.05) is 0 Å². The minimum absolute atomic E-state index is 0.102. The van der Waals surface area contributed by atoms with Crippen molar-refractivity contribution in [3.05, 3.63) is 28.8 Å². The highest BCUT2D eigenvalue weighted by atomic mass is 16.5. The molecule has 0 unspecified atom stereocenters. The number of carbonyl (C=O) groups excluding carboxylic acids is 1. The first kappa shape index (κ1) is 12.6. The van der Waals surface area contributed by atoms with Crippen LogP contribution in [0.25, 0.3) is 0 Å². The van der Waals surface area contributed by atoms with Crippen LogP contribution >= 0.6 is 0 Å². The number of rotatable bonds is 3. The number of benzene rings is 1. The molecule has 0 radical (unpaired) electrons. The minimum atomic E-state index is -0.279. The normalized spacial score (nSPS) is 10.4. The molecule has 0 N–H and O–H groups in total. The molecular weight excluding hydrogens is 204 g/mol. The van der Waals surface area contributed by atoms with Crippen molar-refractivity contribution in [2.75, 3.05) is 7.11 Å². The average molecular weight is 222 g/mol. The maximum Gasteiger partial charge on any atom is 0.338 e. The molecule has 0 aromatic heterocycles. The maximum atomic E-state index is 11.8. The van der Waals surface area contributed by atoms with Crippen LogP contribution < -0.4 is 4.74 Å². The minimum Gasteiger partial charge on any atom is -0.496 e. The van der Waals surface area contributed by atoms with Crippen LogP contribution in [0.5, 0.6) is 5.75 Å². The molecule has 3 heteroatoms. The third kappa shape index (κ3) is 2.75.